The van der Waals surface area contributed by atoms with Gasteiger partial charge in [0.2, 0.25) is 5.91 Å². The van der Waals surface area contributed by atoms with E-state index in [-0.39, 0.29) is 11.9 Å². The molecule has 1 aromatic carbocycles. The van der Waals surface area contributed by atoms with E-state index in [9.17, 15) is 4.79 Å². The molecule has 4 rings (SSSR count). The Balaban J connectivity index is 1.33. The molecule has 0 aliphatic carbocycles. The molecule has 3 heterocycles. The molecule has 0 saturated carbocycles. The molecule has 1 aromatic heterocycles. The van der Waals surface area contributed by atoms with Gasteiger partial charge in [0, 0.05) is 44.1 Å². The summed E-state index contributed by atoms with van der Waals surface area (Å²) < 4.78 is 11.1. The van der Waals surface area contributed by atoms with E-state index in [0.29, 0.717) is 19.0 Å². The number of rotatable bonds is 4. The Morgan fingerprint density at radius 3 is 2.59 bits per heavy atom. The number of ether oxygens (including phenoxy) is 2. The van der Waals surface area contributed by atoms with Crippen LogP contribution in [0.3, 0.4) is 0 Å². The number of hydrogen-bond donors (Lipinski definition) is 1. The molecule has 1 fully saturated rings. The van der Waals surface area contributed by atoms with Crippen LogP contribution in [0.15, 0.2) is 42.6 Å². The van der Waals surface area contributed by atoms with Crippen molar-refractivity contribution >= 4 is 17.4 Å². The standard InChI is InChI=1S/C20H24N4O3/c1-15(23-8-10-24(11-9-23)19-4-2-3-7-21-19)20(25)22-16-5-6-17-18(14-16)27-13-12-26-17/h2-7,14-15H,8-13H2,1H3,(H,22,25)/t15-/m1/s1. The lowest BCUT2D eigenvalue weighted by Gasteiger charge is -2.37. The van der Waals surface area contributed by atoms with E-state index < -0.39 is 0 Å². The van der Waals surface area contributed by atoms with E-state index in [4.69, 9.17) is 9.47 Å². The average molecular weight is 368 g/mol. The van der Waals surface area contributed by atoms with Crippen molar-refractivity contribution in [3.05, 3.63) is 42.6 Å². The summed E-state index contributed by atoms with van der Waals surface area (Å²) in [6, 6.07) is 11.2. The summed E-state index contributed by atoms with van der Waals surface area (Å²) in [4.78, 5) is 21.5. The van der Waals surface area contributed by atoms with E-state index in [0.717, 1.165) is 43.4 Å². The first-order valence-electron chi connectivity index (χ1n) is 9.31. The molecule has 1 amide bonds. The lowest BCUT2D eigenvalue weighted by atomic mass is 10.2. The Labute approximate surface area is 158 Å². The van der Waals surface area contributed by atoms with Gasteiger partial charge >= 0.3 is 0 Å². The molecule has 1 saturated heterocycles. The zero-order valence-corrected chi connectivity index (χ0v) is 15.4. The van der Waals surface area contributed by atoms with Gasteiger partial charge in [-0.1, -0.05) is 6.07 Å². The number of anilines is 2. The zero-order chi connectivity index (χ0) is 18.6. The van der Waals surface area contributed by atoms with Crippen molar-refractivity contribution in [2.75, 3.05) is 49.6 Å². The molecule has 0 radical (unpaired) electrons. The van der Waals surface area contributed by atoms with Crippen LogP contribution < -0.4 is 19.7 Å². The normalized spacial score (nSPS) is 18.0. The third-order valence-electron chi connectivity index (χ3n) is 5.02. The van der Waals surface area contributed by atoms with Gasteiger partial charge in [-0.15, -0.1) is 0 Å². The minimum absolute atomic E-state index is 0.0158. The first-order valence-corrected chi connectivity index (χ1v) is 9.31. The smallest absolute Gasteiger partial charge is 0.241 e. The van der Waals surface area contributed by atoms with Gasteiger partial charge in [0.1, 0.15) is 19.0 Å². The highest BCUT2D eigenvalue weighted by molar-refractivity contribution is 5.94. The number of carbonyl (C=O) groups is 1. The molecule has 0 spiro atoms. The quantitative estimate of drug-likeness (QED) is 0.890. The number of aromatic nitrogens is 1. The van der Waals surface area contributed by atoms with Crippen molar-refractivity contribution < 1.29 is 14.3 Å². The van der Waals surface area contributed by atoms with Crippen LogP contribution in [0.1, 0.15) is 6.92 Å². The molecule has 7 nitrogen and oxygen atoms in total. The number of nitrogens with one attached hydrogen (secondary N) is 1. The Morgan fingerprint density at radius 2 is 1.85 bits per heavy atom. The van der Waals surface area contributed by atoms with Crippen molar-refractivity contribution in [1.29, 1.82) is 0 Å². The molecule has 27 heavy (non-hydrogen) atoms. The number of carbonyl (C=O) groups excluding carboxylic acids is 1. The molecule has 2 aliphatic rings. The second-order valence-electron chi connectivity index (χ2n) is 6.73. The van der Waals surface area contributed by atoms with Crippen LogP contribution in [0.5, 0.6) is 11.5 Å². The van der Waals surface area contributed by atoms with Crippen LogP contribution in [0.2, 0.25) is 0 Å². The topological polar surface area (TPSA) is 66.9 Å². The summed E-state index contributed by atoms with van der Waals surface area (Å²) in [6.45, 7) is 6.40. The highest BCUT2D eigenvalue weighted by Crippen LogP contribution is 2.32. The Morgan fingerprint density at radius 1 is 1.07 bits per heavy atom. The first-order chi connectivity index (χ1) is 13.2. The number of pyridine rings is 1. The lowest BCUT2D eigenvalue weighted by molar-refractivity contribution is -0.120. The average Bonchev–Trinajstić information content (AvgIpc) is 2.74. The van der Waals surface area contributed by atoms with Gasteiger partial charge in [-0.2, -0.15) is 0 Å². The molecule has 1 N–H and O–H groups in total. The monoisotopic (exact) mass is 368 g/mol. The molecule has 1 atom stereocenters. The Bertz CT molecular complexity index is 791. The second-order valence-corrected chi connectivity index (χ2v) is 6.73. The van der Waals surface area contributed by atoms with Gasteiger partial charge in [0.05, 0.1) is 6.04 Å². The Kier molecular flexibility index (Phi) is 5.11. The number of piperazine rings is 1. The van der Waals surface area contributed by atoms with E-state index in [1.54, 1.807) is 0 Å². The van der Waals surface area contributed by atoms with Crippen molar-refractivity contribution in [1.82, 2.24) is 9.88 Å². The fraction of sp³-hybridized carbons (Fsp3) is 0.400. The minimum Gasteiger partial charge on any atom is -0.486 e. The molecule has 0 unspecified atom stereocenters. The second kappa shape index (κ2) is 7.84. The summed E-state index contributed by atoms with van der Waals surface area (Å²) in [5.74, 6) is 2.37. The van der Waals surface area contributed by atoms with Crippen LogP contribution in [-0.4, -0.2) is 61.2 Å². The third-order valence-corrected chi connectivity index (χ3v) is 5.02. The van der Waals surface area contributed by atoms with E-state index in [1.807, 2.05) is 49.5 Å². The summed E-state index contributed by atoms with van der Waals surface area (Å²) >= 11 is 0. The maximum absolute atomic E-state index is 12.7. The highest BCUT2D eigenvalue weighted by Gasteiger charge is 2.26. The van der Waals surface area contributed by atoms with Crippen molar-refractivity contribution in [3.63, 3.8) is 0 Å². The van der Waals surface area contributed by atoms with Crippen LogP contribution in [-0.2, 0) is 4.79 Å². The minimum atomic E-state index is -0.205. The van der Waals surface area contributed by atoms with Gasteiger partial charge in [0.15, 0.2) is 11.5 Å². The van der Waals surface area contributed by atoms with Gasteiger partial charge in [-0.25, -0.2) is 4.98 Å². The molecular weight excluding hydrogens is 344 g/mol. The van der Waals surface area contributed by atoms with Crippen LogP contribution >= 0.6 is 0 Å². The first kappa shape index (κ1) is 17.6. The molecule has 2 aromatic rings. The van der Waals surface area contributed by atoms with Crippen LogP contribution in [0, 0.1) is 0 Å². The molecule has 7 heteroatoms. The summed E-state index contributed by atoms with van der Waals surface area (Å²) in [5.41, 5.74) is 0.725. The maximum atomic E-state index is 12.7. The predicted molar refractivity (Wildman–Crippen MR) is 104 cm³/mol. The fourth-order valence-corrected chi connectivity index (χ4v) is 3.41. The van der Waals surface area contributed by atoms with Crippen molar-refractivity contribution in [2.45, 2.75) is 13.0 Å². The number of hydrogen-bond acceptors (Lipinski definition) is 6. The summed E-state index contributed by atoms with van der Waals surface area (Å²) in [7, 11) is 0. The lowest BCUT2D eigenvalue weighted by Crippen LogP contribution is -2.53. The number of amides is 1. The van der Waals surface area contributed by atoms with Crippen molar-refractivity contribution in [3.8, 4) is 11.5 Å². The van der Waals surface area contributed by atoms with Crippen molar-refractivity contribution in [2.24, 2.45) is 0 Å². The number of benzene rings is 1. The summed E-state index contributed by atoms with van der Waals surface area (Å²) in [5, 5.41) is 2.99. The third kappa shape index (κ3) is 3.98. The van der Waals surface area contributed by atoms with Crippen LogP contribution in [0.4, 0.5) is 11.5 Å². The Hall–Kier alpha value is -2.80. The van der Waals surface area contributed by atoms with E-state index >= 15 is 0 Å². The largest absolute Gasteiger partial charge is 0.486 e. The van der Waals surface area contributed by atoms with Gasteiger partial charge in [0.25, 0.3) is 0 Å². The SMILES string of the molecule is C[C@H](C(=O)Nc1ccc2c(c1)OCCO2)N1CCN(c2ccccn2)CC1. The van der Waals surface area contributed by atoms with Crippen LogP contribution in [0.25, 0.3) is 0 Å². The molecular formula is C20H24N4O3. The zero-order valence-electron chi connectivity index (χ0n) is 15.4. The summed E-state index contributed by atoms with van der Waals surface area (Å²) in [6.07, 6.45) is 1.81. The van der Waals surface area contributed by atoms with E-state index in [1.165, 1.54) is 0 Å². The highest BCUT2D eigenvalue weighted by atomic mass is 16.6. The number of fused-ring (bicyclic) bond motifs is 1. The van der Waals surface area contributed by atoms with Gasteiger partial charge in [-0.05, 0) is 31.2 Å². The predicted octanol–water partition coefficient (Wildman–Crippen LogP) is 2.00. The van der Waals surface area contributed by atoms with E-state index in [2.05, 4.69) is 20.1 Å². The van der Waals surface area contributed by atoms with Gasteiger partial charge < -0.3 is 19.7 Å². The maximum Gasteiger partial charge on any atom is 0.241 e. The van der Waals surface area contributed by atoms with Gasteiger partial charge in [-0.3, -0.25) is 9.69 Å². The number of nitrogens with zero attached hydrogens (tertiary/aromatic N) is 3. The molecule has 142 valence electrons. The molecule has 2 aliphatic heterocycles. The fourth-order valence-electron chi connectivity index (χ4n) is 3.41. The molecule has 0 bridgehead atoms.